The fraction of sp³-hybridized carbons (Fsp3) is 1.00. The Balaban J connectivity index is 2.42. The van der Waals surface area contributed by atoms with Gasteiger partial charge in [0.15, 0.2) is 6.10 Å². The highest BCUT2D eigenvalue weighted by Gasteiger charge is 2.39. The number of nitrogens with zero attached hydrogens (tertiary/aromatic N) is 1. The number of hydrogen-bond donors (Lipinski definition) is 2. The first-order chi connectivity index (χ1) is 6.41. The van der Waals surface area contributed by atoms with Crippen LogP contribution in [0.25, 0.3) is 0 Å². The second kappa shape index (κ2) is 4.46. The van der Waals surface area contributed by atoms with Crippen LogP contribution >= 0.6 is 0 Å². The standard InChI is InChI=1S/C8H15F3N2O/c1-6-4-12-2-3-13(6)5-7(14)8(9,10)11/h6-7,12,14H,2-5H2,1H3/t6-,7?/m0/s1. The summed E-state index contributed by atoms with van der Waals surface area (Å²) in [5.74, 6) is 0. The monoisotopic (exact) mass is 212 g/mol. The van der Waals surface area contributed by atoms with Crippen LogP contribution in [0, 0.1) is 0 Å². The zero-order valence-electron chi connectivity index (χ0n) is 8.01. The molecule has 1 aliphatic rings. The van der Waals surface area contributed by atoms with Gasteiger partial charge in [0.25, 0.3) is 0 Å². The zero-order valence-corrected chi connectivity index (χ0v) is 8.01. The van der Waals surface area contributed by atoms with E-state index in [1.807, 2.05) is 6.92 Å². The van der Waals surface area contributed by atoms with Gasteiger partial charge in [0.05, 0.1) is 0 Å². The summed E-state index contributed by atoms with van der Waals surface area (Å²) in [6.45, 7) is 3.41. The molecule has 2 N–H and O–H groups in total. The van der Waals surface area contributed by atoms with Gasteiger partial charge in [-0.2, -0.15) is 13.2 Å². The van der Waals surface area contributed by atoms with E-state index in [1.54, 1.807) is 4.90 Å². The number of β-amino-alcohol motifs (C(OH)–C–C–N with tert-alkyl or cyclic N) is 1. The fourth-order valence-electron chi connectivity index (χ4n) is 1.48. The van der Waals surface area contributed by atoms with E-state index >= 15 is 0 Å². The lowest BCUT2D eigenvalue weighted by molar-refractivity contribution is -0.209. The first-order valence-electron chi connectivity index (χ1n) is 4.61. The van der Waals surface area contributed by atoms with Crippen molar-refractivity contribution in [3.05, 3.63) is 0 Å². The molecule has 0 aromatic heterocycles. The van der Waals surface area contributed by atoms with Crippen molar-refractivity contribution in [3.63, 3.8) is 0 Å². The minimum absolute atomic E-state index is 0.0424. The maximum absolute atomic E-state index is 12.0. The Morgan fingerprint density at radius 1 is 1.57 bits per heavy atom. The molecule has 1 unspecified atom stereocenters. The van der Waals surface area contributed by atoms with Gasteiger partial charge in [-0.1, -0.05) is 0 Å². The van der Waals surface area contributed by atoms with Crippen molar-refractivity contribution in [2.75, 3.05) is 26.2 Å². The van der Waals surface area contributed by atoms with E-state index in [0.29, 0.717) is 19.6 Å². The van der Waals surface area contributed by atoms with Crippen LogP contribution in [0.5, 0.6) is 0 Å². The summed E-state index contributed by atoms with van der Waals surface area (Å²) < 4.78 is 36.1. The lowest BCUT2D eigenvalue weighted by Gasteiger charge is -2.35. The van der Waals surface area contributed by atoms with Crippen molar-refractivity contribution >= 4 is 0 Å². The number of aliphatic hydroxyl groups excluding tert-OH is 1. The van der Waals surface area contributed by atoms with Gasteiger partial charge in [0, 0.05) is 32.2 Å². The lowest BCUT2D eigenvalue weighted by atomic mass is 10.2. The van der Waals surface area contributed by atoms with Gasteiger partial charge >= 0.3 is 6.18 Å². The summed E-state index contributed by atoms with van der Waals surface area (Å²) >= 11 is 0. The second-order valence-corrected chi connectivity index (χ2v) is 3.61. The smallest absolute Gasteiger partial charge is 0.382 e. The van der Waals surface area contributed by atoms with Crippen LogP contribution in [0.2, 0.25) is 0 Å². The van der Waals surface area contributed by atoms with Gasteiger partial charge in [-0.15, -0.1) is 0 Å². The molecule has 1 heterocycles. The van der Waals surface area contributed by atoms with Crippen LogP contribution in [0.4, 0.5) is 13.2 Å². The normalized spacial score (nSPS) is 27.6. The Labute approximate surface area is 80.9 Å². The number of alkyl halides is 3. The molecule has 3 nitrogen and oxygen atoms in total. The molecule has 0 aromatic carbocycles. The number of piperazine rings is 1. The minimum Gasteiger partial charge on any atom is -0.382 e. The van der Waals surface area contributed by atoms with Crippen molar-refractivity contribution in [2.24, 2.45) is 0 Å². The number of hydrogen-bond acceptors (Lipinski definition) is 3. The molecule has 14 heavy (non-hydrogen) atoms. The summed E-state index contributed by atoms with van der Waals surface area (Å²) in [5.41, 5.74) is 0. The van der Waals surface area contributed by atoms with Crippen LogP contribution in [0.3, 0.4) is 0 Å². The van der Waals surface area contributed by atoms with Crippen LogP contribution in [0.15, 0.2) is 0 Å². The quantitative estimate of drug-likeness (QED) is 0.686. The summed E-state index contributed by atoms with van der Waals surface area (Å²) in [6.07, 6.45) is -6.74. The second-order valence-electron chi connectivity index (χ2n) is 3.61. The molecule has 6 heteroatoms. The first kappa shape index (κ1) is 11.7. The van der Waals surface area contributed by atoms with Gasteiger partial charge < -0.3 is 10.4 Å². The molecular weight excluding hydrogens is 197 g/mol. The Kier molecular flexibility index (Phi) is 3.74. The predicted molar refractivity (Wildman–Crippen MR) is 46.0 cm³/mol. The summed E-state index contributed by atoms with van der Waals surface area (Å²) in [6, 6.07) is 0.0424. The highest BCUT2D eigenvalue weighted by molar-refractivity contribution is 4.80. The molecule has 84 valence electrons. The molecule has 0 radical (unpaired) electrons. The molecule has 1 rings (SSSR count). The molecule has 0 amide bonds. The van der Waals surface area contributed by atoms with Crippen molar-refractivity contribution in [1.29, 1.82) is 0 Å². The SMILES string of the molecule is C[C@H]1CNCCN1CC(O)C(F)(F)F. The van der Waals surface area contributed by atoms with Gasteiger partial charge in [-0.25, -0.2) is 0 Å². The van der Waals surface area contributed by atoms with E-state index in [2.05, 4.69) is 5.32 Å². The third-order valence-corrected chi connectivity index (χ3v) is 2.42. The van der Waals surface area contributed by atoms with E-state index in [-0.39, 0.29) is 12.6 Å². The Hall–Kier alpha value is -0.330. The molecular formula is C8H15F3N2O. The maximum Gasteiger partial charge on any atom is 0.415 e. The first-order valence-corrected chi connectivity index (χ1v) is 4.61. The van der Waals surface area contributed by atoms with Crippen molar-refractivity contribution < 1.29 is 18.3 Å². The number of halogens is 3. The summed E-state index contributed by atoms with van der Waals surface area (Å²) in [5, 5.41) is 11.9. The van der Waals surface area contributed by atoms with Crippen LogP contribution < -0.4 is 5.32 Å². The van der Waals surface area contributed by atoms with Crippen molar-refractivity contribution in [1.82, 2.24) is 10.2 Å². The van der Waals surface area contributed by atoms with Gasteiger partial charge in [0.2, 0.25) is 0 Å². The topological polar surface area (TPSA) is 35.5 Å². The molecule has 0 spiro atoms. The van der Waals surface area contributed by atoms with Crippen LogP contribution in [-0.2, 0) is 0 Å². The van der Waals surface area contributed by atoms with E-state index in [9.17, 15) is 13.2 Å². The van der Waals surface area contributed by atoms with Crippen molar-refractivity contribution in [2.45, 2.75) is 25.2 Å². The molecule has 1 aliphatic heterocycles. The number of aliphatic hydroxyl groups is 1. The average Bonchev–Trinajstić information content (AvgIpc) is 2.07. The van der Waals surface area contributed by atoms with E-state index in [1.165, 1.54) is 0 Å². The minimum atomic E-state index is -4.51. The lowest BCUT2D eigenvalue weighted by Crippen LogP contribution is -2.53. The molecule has 1 saturated heterocycles. The molecule has 0 aromatic rings. The number of rotatable bonds is 2. The molecule has 0 saturated carbocycles. The largest absolute Gasteiger partial charge is 0.415 e. The predicted octanol–water partition coefficient (Wildman–Crippen LogP) is 0.203. The highest BCUT2D eigenvalue weighted by Crippen LogP contribution is 2.21. The third-order valence-electron chi connectivity index (χ3n) is 2.42. The van der Waals surface area contributed by atoms with E-state index in [0.717, 1.165) is 0 Å². The van der Waals surface area contributed by atoms with E-state index in [4.69, 9.17) is 5.11 Å². The zero-order chi connectivity index (χ0) is 10.8. The summed E-state index contributed by atoms with van der Waals surface area (Å²) in [4.78, 5) is 1.65. The molecule has 0 aliphatic carbocycles. The Morgan fingerprint density at radius 2 is 2.21 bits per heavy atom. The Morgan fingerprint density at radius 3 is 2.71 bits per heavy atom. The van der Waals surface area contributed by atoms with Gasteiger partial charge in [-0.3, -0.25) is 4.90 Å². The highest BCUT2D eigenvalue weighted by atomic mass is 19.4. The van der Waals surface area contributed by atoms with Crippen LogP contribution in [-0.4, -0.2) is 54.5 Å². The third kappa shape index (κ3) is 3.11. The van der Waals surface area contributed by atoms with Crippen molar-refractivity contribution in [3.8, 4) is 0 Å². The fourth-order valence-corrected chi connectivity index (χ4v) is 1.48. The molecule has 1 fully saturated rings. The number of nitrogens with one attached hydrogen (secondary N) is 1. The van der Waals surface area contributed by atoms with E-state index < -0.39 is 12.3 Å². The van der Waals surface area contributed by atoms with Gasteiger partial charge in [-0.05, 0) is 6.92 Å². The average molecular weight is 212 g/mol. The molecule has 0 bridgehead atoms. The summed E-state index contributed by atoms with van der Waals surface area (Å²) in [7, 11) is 0. The maximum atomic E-state index is 12.0. The molecule has 2 atom stereocenters. The Bertz CT molecular complexity index is 186. The van der Waals surface area contributed by atoms with Crippen LogP contribution in [0.1, 0.15) is 6.92 Å². The van der Waals surface area contributed by atoms with Gasteiger partial charge in [0.1, 0.15) is 0 Å².